The van der Waals surface area contributed by atoms with Crippen LogP contribution in [0.15, 0.2) is 48.0 Å². The molecule has 0 aliphatic carbocycles. The summed E-state index contributed by atoms with van der Waals surface area (Å²) >= 11 is 0. The second-order valence-electron chi connectivity index (χ2n) is 4.87. The number of benzene rings is 2. The van der Waals surface area contributed by atoms with Crippen LogP contribution in [0.2, 0.25) is 0 Å². The number of fused-ring (bicyclic) bond motifs is 1. The number of nitrogens with one attached hydrogen (secondary N) is 1. The fraction of sp³-hybridized carbons (Fsp3) is 0.0625. The first-order chi connectivity index (χ1) is 11.0. The van der Waals surface area contributed by atoms with E-state index in [4.69, 9.17) is 4.74 Å². The van der Waals surface area contributed by atoms with Crippen LogP contribution in [0.3, 0.4) is 0 Å². The molecule has 0 bridgehead atoms. The molecule has 0 aromatic heterocycles. The minimum absolute atomic E-state index is 0.0411. The van der Waals surface area contributed by atoms with Crippen LogP contribution in [0.5, 0.6) is 5.75 Å². The Bertz CT molecular complexity index is 833. The van der Waals surface area contributed by atoms with Gasteiger partial charge in [0.05, 0.1) is 16.2 Å². The Balaban J connectivity index is 1.84. The van der Waals surface area contributed by atoms with Gasteiger partial charge in [-0.05, 0) is 18.2 Å². The molecule has 3 rings (SSSR count). The molecule has 7 heteroatoms. The van der Waals surface area contributed by atoms with Crippen molar-refractivity contribution in [2.24, 2.45) is 0 Å². The first-order valence-corrected chi connectivity index (χ1v) is 6.72. The Morgan fingerprint density at radius 1 is 1.26 bits per heavy atom. The molecule has 0 spiro atoms. The lowest BCUT2D eigenvalue weighted by Crippen LogP contribution is -2.21. The van der Waals surface area contributed by atoms with Gasteiger partial charge in [0, 0.05) is 17.7 Å². The topological polar surface area (TPSA) is 81.5 Å². The summed E-state index contributed by atoms with van der Waals surface area (Å²) in [7, 11) is 0. The van der Waals surface area contributed by atoms with E-state index in [0.29, 0.717) is 11.3 Å². The number of non-ortho nitro benzene ring substituents is 1. The quantitative estimate of drug-likeness (QED) is 0.697. The zero-order chi connectivity index (χ0) is 16.4. The van der Waals surface area contributed by atoms with Crippen LogP contribution >= 0.6 is 0 Å². The molecule has 1 N–H and O–H groups in total. The maximum absolute atomic E-state index is 13.7. The molecule has 23 heavy (non-hydrogen) atoms. The van der Waals surface area contributed by atoms with Crippen molar-refractivity contribution in [3.8, 4) is 5.75 Å². The molecule has 2 aromatic rings. The second-order valence-corrected chi connectivity index (χ2v) is 4.87. The lowest BCUT2D eigenvalue weighted by molar-refractivity contribution is -0.384. The van der Waals surface area contributed by atoms with Gasteiger partial charge in [0.25, 0.3) is 11.6 Å². The van der Waals surface area contributed by atoms with E-state index in [0.717, 1.165) is 23.8 Å². The molecule has 1 aliphatic rings. The van der Waals surface area contributed by atoms with Crippen LogP contribution in [0, 0.1) is 15.9 Å². The predicted octanol–water partition coefficient (Wildman–Crippen LogP) is 3.15. The number of rotatable bonds is 3. The number of ether oxygens (including phenoxy) is 1. The summed E-state index contributed by atoms with van der Waals surface area (Å²) in [6.45, 7) is 0.0411. The number of halogens is 1. The van der Waals surface area contributed by atoms with Crippen LogP contribution in [-0.4, -0.2) is 17.4 Å². The Labute approximate surface area is 130 Å². The van der Waals surface area contributed by atoms with Gasteiger partial charge in [-0.1, -0.05) is 18.2 Å². The number of hydrogen-bond donors (Lipinski definition) is 1. The fourth-order valence-corrected chi connectivity index (χ4v) is 2.17. The van der Waals surface area contributed by atoms with Gasteiger partial charge in [-0.3, -0.25) is 14.9 Å². The lowest BCUT2D eigenvalue weighted by atomic mass is 10.1. The number of carbonyl (C=O) groups excluding carboxylic acids is 1. The Hall–Kier alpha value is -3.22. The van der Waals surface area contributed by atoms with Gasteiger partial charge in [0.2, 0.25) is 0 Å². The minimum atomic E-state index is -0.748. The van der Waals surface area contributed by atoms with Crippen molar-refractivity contribution in [1.82, 2.24) is 0 Å². The number of amides is 1. The Morgan fingerprint density at radius 2 is 2.04 bits per heavy atom. The molecule has 6 nitrogen and oxygen atoms in total. The highest BCUT2D eigenvalue weighted by molar-refractivity contribution is 6.07. The van der Waals surface area contributed by atoms with Gasteiger partial charge >= 0.3 is 0 Å². The predicted molar refractivity (Wildman–Crippen MR) is 81.6 cm³/mol. The van der Waals surface area contributed by atoms with Crippen LogP contribution in [0.25, 0.3) is 6.08 Å². The van der Waals surface area contributed by atoms with Crippen LogP contribution in [-0.2, 0) is 4.79 Å². The molecule has 0 unspecified atom stereocenters. The van der Waals surface area contributed by atoms with Gasteiger partial charge < -0.3 is 10.1 Å². The molecular weight excluding hydrogens is 303 g/mol. The van der Waals surface area contributed by atoms with Crippen LogP contribution in [0.1, 0.15) is 5.56 Å². The van der Waals surface area contributed by atoms with Gasteiger partial charge in [0.15, 0.2) is 0 Å². The van der Waals surface area contributed by atoms with Gasteiger partial charge in [0.1, 0.15) is 18.2 Å². The summed E-state index contributed by atoms with van der Waals surface area (Å²) in [5.41, 5.74) is 0.489. The third kappa shape index (κ3) is 3.03. The summed E-state index contributed by atoms with van der Waals surface area (Å²) in [5, 5.41) is 13.1. The first kappa shape index (κ1) is 14.7. The van der Waals surface area contributed by atoms with E-state index in [1.807, 2.05) is 6.07 Å². The number of hydrogen-bond acceptors (Lipinski definition) is 4. The zero-order valence-corrected chi connectivity index (χ0v) is 11.8. The van der Waals surface area contributed by atoms with E-state index in [9.17, 15) is 19.3 Å². The summed E-state index contributed by atoms with van der Waals surface area (Å²) in [6, 6.07) is 10.1. The highest BCUT2D eigenvalue weighted by Crippen LogP contribution is 2.27. The molecule has 116 valence electrons. The maximum atomic E-state index is 13.7. The second kappa shape index (κ2) is 5.88. The van der Waals surface area contributed by atoms with Crippen molar-refractivity contribution < 1.29 is 18.8 Å². The van der Waals surface area contributed by atoms with E-state index in [-0.39, 0.29) is 18.0 Å². The van der Waals surface area contributed by atoms with E-state index in [2.05, 4.69) is 5.32 Å². The highest BCUT2D eigenvalue weighted by atomic mass is 19.1. The van der Waals surface area contributed by atoms with Gasteiger partial charge in [-0.15, -0.1) is 0 Å². The zero-order valence-electron chi connectivity index (χ0n) is 11.8. The third-order valence-corrected chi connectivity index (χ3v) is 3.33. The number of nitrogens with zero attached hydrogens (tertiary/aromatic N) is 1. The summed E-state index contributed by atoms with van der Waals surface area (Å²) in [6.07, 6.45) is 1.64. The lowest BCUT2D eigenvalue weighted by Gasteiger charge is -2.17. The monoisotopic (exact) mass is 314 g/mol. The fourth-order valence-electron chi connectivity index (χ4n) is 2.17. The molecule has 0 saturated heterocycles. The summed E-state index contributed by atoms with van der Waals surface area (Å²) in [5.74, 6) is -0.661. The average Bonchev–Trinajstić information content (AvgIpc) is 2.56. The molecule has 1 amide bonds. The smallest absolute Gasteiger partial charge is 0.271 e. The normalized spacial score (nSPS) is 12.7. The van der Waals surface area contributed by atoms with E-state index in [1.54, 1.807) is 24.3 Å². The van der Waals surface area contributed by atoms with Crippen molar-refractivity contribution in [2.45, 2.75) is 0 Å². The standard InChI is InChI=1S/C16H11FN2O4/c17-13-6-5-12(19(21)22)8-14(13)18-16(20)11-7-10-3-1-2-4-15(10)23-9-11/h1-8H,9H2,(H,18,20). The number of nitro groups is 1. The van der Waals surface area contributed by atoms with Crippen molar-refractivity contribution in [3.63, 3.8) is 0 Å². The van der Waals surface area contributed by atoms with E-state index in [1.165, 1.54) is 0 Å². The van der Waals surface area contributed by atoms with Crippen molar-refractivity contribution in [1.29, 1.82) is 0 Å². The number of anilines is 1. The van der Waals surface area contributed by atoms with Gasteiger partial charge in [-0.2, -0.15) is 0 Å². The highest BCUT2D eigenvalue weighted by Gasteiger charge is 2.19. The summed E-state index contributed by atoms with van der Waals surface area (Å²) < 4.78 is 19.2. The van der Waals surface area contributed by atoms with E-state index >= 15 is 0 Å². The molecular formula is C16H11FN2O4. The van der Waals surface area contributed by atoms with Crippen LogP contribution < -0.4 is 10.1 Å². The largest absolute Gasteiger partial charge is 0.488 e. The molecule has 0 saturated carbocycles. The maximum Gasteiger partial charge on any atom is 0.271 e. The third-order valence-electron chi connectivity index (χ3n) is 3.33. The molecule has 0 atom stereocenters. The number of para-hydroxylation sites is 1. The van der Waals surface area contributed by atoms with Crippen molar-refractivity contribution in [3.05, 3.63) is 69.5 Å². The minimum Gasteiger partial charge on any atom is -0.488 e. The average molecular weight is 314 g/mol. The van der Waals surface area contributed by atoms with Crippen molar-refractivity contribution in [2.75, 3.05) is 11.9 Å². The Kier molecular flexibility index (Phi) is 3.76. The molecule has 2 aromatic carbocycles. The van der Waals surface area contributed by atoms with Crippen LogP contribution in [0.4, 0.5) is 15.8 Å². The molecule has 1 heterocycles. The van der Waals surface area contributed by atoms with Gasteiger partial charge in [-0.25, -0.2) is 4.39 Å². The SMILES string of the molecule is O=C(Nc1cc([N+](=O)[O-])ccc1F)C1=Cc2ccccc2OC1. The molecule has 0 radical (unpaired) electrons. The number of nitro benzene ring substituents is 1. The molecule has 0 fully saturated rings. The Morgan fingerprint density at radius 3 is 2.83 bits per heavy atom. The number of carbonyl (C=O) groups is 1. The molecule has 1 aliphatic heterocycles. The first-order valence-electron chi connectivity index (χ1n) is 6.72. The van der Waals surface area contributed by atoms with Crippen molar-refractivity contribution >= 4 is 23.4 Å². The van der Waals surface area contributed by atoms with E-state index < -0.39 is 16.6 Å². The summed E-state index contributed by atoms with van der Waals surface area (Å²) in [4.78, 5) is 22.3.